The van der Waals surface area contributed by atoms with E-state index in [-0.39, 0.29) is 6.61 Å². The van der Waals surface area contributed by atoms with E-state index in [1.165, 1.54) is 10.8 Å². The second-order valence-electron chi connectivity index (χ2n) is 5.54. The van der Waals surface area contributed by atoms with Gasteiger partial charge in [0, 0.05) is 5.69 Å². The number of benzene rings is 3. The Morgan fingerprint density at radius 1 is 0.857 bits per heavy atom. The molecule has 3 aromatic rings. The Bertz CT molecular complexity index is 739. The van der Waals surface area contributed by atoms with Crippen LogP contribution in [0.3, 0.4) is 0 Å². The van der Waals surface area contributed by atoms with Crippen LogP contribution in [0.2, 0.25) is 0 Å². The van der Waals surface area contributed by atoms with Gasteiger partial charge in [-0.05, 0) is 41.5 Å². The average Bonchev–Trinajstić information content (AvgIpc) is 2.55. The monoisotopic (exact) mass is 277 g/mol. The van der Waals surface area contributed by atoms with Crippen molar-refractivity contribution in [1.29, 1.82) is 0 Å². The van der Waals surface area contributed by atoms with Gasteiger partial charge in [0.25, 0.3) is 0 Å². The lowest BCUT2D eigenvalue weighted by molar-refractivity contribution is 0.224. The summed E-state index contributed by atoms with van der Waals surface area (Å²) in [6, 6.07) is 24.6. The Morgan fingerprint density at radius 2 is 1.52 bits per heavy atom. The van der Waals surface area contributed by atoms with E-state index in [1.54, 1.807) is 0 Å². The van der Waals surface area contributed by atoms with Crippen LogP contribution in [-0.4, -0.2) is 11.7 Å². The van der Waals surface area contributed by atoms with E-state index in [9.17, 15) is 5.11 Å². The van der Waals surface area contributed by atoms with Crippen LogP contribution in [0.1, 0.15) is 12.5 Å². The van der Waals surface area contributed by atoms with E-state index in [4.69, 9.17) is 0 Å². The highest BCUT2D eigenvalue weighted by atomic mass is 16.3. The minimum absolute atomic E-state index is 0.0280. The van der Waals surface area contributed by atoms with Gasteiger partial charge < -0.3 is 10.4 Å². The highest BCUT2D eigenvalue weighted by molar-refractivity contribution is 5.83. The molecule has 0 aliphatic rings. The summed E-state index contributed by atoms with van der Waals surface area (Å²) < 4.78 is 0. The minimum Gasteiger partial charge on any atom is -0.394 e. The maximum atomic E-state index is 9.91. The molecule has 21 heavy (non-hydrogen) atoms. The summed E-state index contributed by atoms with van der Waals surface area (Å²) in [4.78, 5) is 0. The molecule has 0 spiro atoms. The molecule has 0 saturated heterocycles. The molecule has 0 saturated carbocycles. The predicted molar refractivity (Wildman–Crippen MR) is 88.5 cm³/mol. The van der Waals surface area contributed by atoms with Gasteiger partial charge in [-0.1, -0.05) is 54.6 Å². The summed E-state index contributed by atoms with van der Waals surface area (Å²) in [5, 5.41) is 15.7. The molecule has 0 bridgehead atoms. The van der Waals surface area contributed by atoms with Crippen molar-refractivity contribution < 1.29 is 5.11 Å². The number of fused-ring (bicyclic) bond motifs is 1. The Morgan fingerprint density at radius 3 is 2.24 bits per heavy atom. The van der Waals surface area contributed by atoms with E-state index < -0.39 is 5.54 Å². The van der Waals surface area contributed by atoms with Gasteiger partial charge >= 0.3 is 0 Å². The van der Waals surface area contributed by atoms with Gasteiger partial charge in [-0.25, -0.2) is 0 Å². The van der Waals surface area contributed by atoms with E-state index in [0.29, 0.717) is 0 Å². The van der Waals surface area contributed by atoms with Crippen molar-refractivity contribution >= 4 is 16.5 Å². The maximum absolute atomic E-state index is 9.91. The van der Waals surface area contributed by atoms with Crippen LogP contribution >= 0.6 is 0 Å². The first-order valence-corrected chi connectivity index (χ1v) is 7.15. The molecule has 2 nitrogen and oxygen atoms in total. The normalized spacial score (nSPS) is 13.8. The van der Waals surface area contributed by atoms with E-state index >= 15 is 0 Å². The van der Waals surface area contributed by atoms with Crippen molar-refractivity contribution in [2.45, 2.75) is 12.5 Å². The zero-order valence-corrected chi connectivity index (χ0v) is 12.1. The Hall–Kier alpha value is -2.32. The largest absolute Gasteiger partial charge is 0.394 e. The third-order valence-electron chi connectivity index (χ3n) is 3.90. The number of aliphatic hydroxyl groups excluding tert-OH is 1. The molecule has 1 unspecified atom stereocenters. The highest BCUT2D eigenvalue weighted by Gasteiger charge is 2.25. The van der Waals surface area contributed by atoms with E-state index in [2.05, 4.69) is 35.6 Å². The quantitative estimate of drug-likeness (QED) is 0.750. The zero-order chi connectivity index (χ0) is 14.7. The van der Waals surface area contributed by atoms with Crippen molar-refractivity contribution in [1.82, 2.24) is 0 Å². The third-order valence-corrected chi connectivity index (χ3v) is 3.90. The number of rotatable bonds is 4. The molecule has 2 N–H and O–H groups in total. The van der Waals surface area contributed by atoms with Crippen LogP contribution in [-0.2, 0) is 5.54 Å². The number of para-hydroxylation sites is 1. The molecule has 3 rings (SSSR count). The topological polar surface area (TPSA) is 32.3 Å². The minimum atomic E-state index is -0.509. The molecule has 106 valence electrons. The number of aliphatic hydroxyl groups is 1. The van der Waals surface area contributed by atoms with Crippen molar-refractivity contribution in [3.8, 4) is 0 Å². The molecule has 0 aliphatic carbocycles. The molecular formula is C19H19NO. The third kappa shape index (κ3) is 2.76. The molecular weight excluding hydrogens is 258 g/mol. The number of hydrogen-bond acceptors (Lipinski definition) is 2. The lowest BCUT2D eigenvalue weighted by atomic mass is 9.90. The molecule has 0 aromatic heterocycles. The fourth-order valence-electron chi connectivity index (χ4n) is 2.58. The maximum Gasteiger partial charge on any atom is 0.0828 e. The molecule has 3 aromatic carbocycles. The van der Waals surface area contributed by atoms with Gasteiger partial charge in [0.05, 0.1) is 12.1 Å². The number of anilines is 1. The lowest BCUT2D eigenvalue weighted by Crippen LogP contribution is -2.35. The summed E-state index contributed by atoms with van der Waals surface area (Å²) >= 11 is 0. The van der Waals surface area contributed by atoms with Gasteiger partial charge in [-0.3, -0.25) is 0 Å². The molecule has 0 fully saturated rings. The first-order chi connectivity index (χ1) is 10.2. The van der Waals surface area contributed by atoms with Crippen molar-refractivity contribution in [2.24, 2.45) is 0 Å². The van der Waals surface area contributed by atoms with Crippen LogP contribution in [0.25, 0.3) is 10.8 Å². The van der Waals surface area contributed by atoms with Crippen molar-refractivity contribution in [3.05, 3.63) is 78.4 Å². The summed E-state index contributed by atoms with van der Waals surface area (Å²) in [5.74, 6) is 0. The molecule has 0 heterocycles. The van der Waals surface area contributed by atoms with Crippen molar-refractivity contribution in [3.63, 3.8) is 0 Å². The average molecular weight is 277 g/mol. The first kappa shape index (κ1) is 13.7. The zero-order valence-electron chi connectivity index (χ0n) is 12.1. The molecule has 0 amide bonds. The SMILES string of the molecule is CC(CO)(Nc1ccccc1)c1ccc2ccccc2c1. The first-order valence-electron chi connectivity index (χ1n) is 7.15. The van der Waals surface area contributed by atoms with Gasteiger partial charge in [0.1, 0.15) is 0 Å². The van der Waals surface area contributed by atoms with Gasteiger partial charge in [-0.2, -0.15) is 0 Å². The van der Waals surface area contributed by atoms with Crippen LogP contribution in [0.4, 0.5) is 5.69 Å². The van der Waals surface area contributed by atoms with Crippen molar-refractivity contribution in [2.75, 3.05) is 11.9 Å². The van der Waals surface area contributed by atoms with Gasteiger partial charge in [0.2, 0.25) is 0 Å². The number of hydrogen-bond donors (Lipinski definition) is 2. The van der Waals surface area contributed by atoms with Crippen LogP contribution < -0.4 is 5.32 Å². The van der Waals surface area contributed by atoms with Gasteiger partial charge in [-0.15, -0.1) is 0 Å². The van der Waals surface area contributed by atoms with Gasteiger partial charge in [0.15, 0.2) is 0 Å². The lowest BCUT2D eigenvalue weighted by Gasteiger charge is -2.31. The standard InChI is InChI=1S/C19H19NO/c1-19(14-21,20-18-9-3-2-4-10-18)17-12-11-15-7-5-6-8-16(15)13-17/h2-13,20-21H,14H2,1H3. The summed E-state index contributed by atoms with van der Waals surface area (Å²) in [6.45, 7) is 2.05. The van der Waals surface area contributed by atoms with Crippen LogP contribution in [0, 0.1) is 0 Å². The molecule has 1 atom stereocenters. The second kappa shape index (κ2) is 5.58. The van der Waals surface area contributed by atoms with E-state index in [1.807, 2.05) is 49.4 Å². The smallest absolute Gasteiger partial charge is 0.0828 e. The summed E-state index contributed by atoms with van der Waals surface area (Å²) in [6.07, 6.45) is 0. The van der Waals surface area contributed by atoms with Crippen LogP contribution in [0.5, 0.6) is 0 Å². The van der Waals surface area contributed by atoms with E-state index in [0.717, 1.165) is 11.3 Å². The highest BCUT2D eigenvalue weighted by Crippen LogP contribution is 2.28. The summed E-state index contributed by atoms with van der Waals surface area (Å²) in [5.41, 5.74) is 1.57. The van der Waals surface area contributed by atoms with Crippen LogP contribution in [0.15, 0.2) is 72.8 Å². The Kier molecular flexibility index (Phi) is 3.63. The second-order valence-corrected chi connectivity index (χ2v) is 5.54. The fourth-order valence-corrected chi connectivity index (χ4v) is 2.58. The molecule has 0 aliphatic heterocycles. The Balaban J connectivity index is 2.00. The summed E-state index contributed by atoms with van der Waals surface area (Å²) in [7, 11) is 0. The molecule has 0 radical (unpaired) electrons. The number of nitrogens with one attached hydrogen (secondary N) is 1. The fraction of sp³-hybridized carbons (Fsp3) is 0.158. The molecule has 2 heteroatoms. The Labute approximate surface area is 125 Å². The predicted octanol–water partition coefficient (Wildman–Crippen LogP) is 4.16.